The van der Waals surface area contributed by atoms with Crippen molar-refractivity contribution in [2.75, 3.05) is 25.2 Å². The minimum absolute atomic E-state index is 0.137. The monoisotopic (exact) mass is 281 g/mol. The molecule has 1 aromatic carbocycles. The number of hydrogen-bond donors (Lipinski definition) is 1. The second-order valence-electron chi connectivity index (χ2n) is 4.51. The van der Waals surface area contributed by atoms with Crippen molar-refractivity contribution in [3.8, 4) is 0 Å². The molecular weight excluding hydrogens is 258 g/mol. The Bertz CT molecular complexity index is 421. The lowest BCUT2D eigenvalue weighted by Gasteiger charge is -2.17. The maximum atomic E-state index is 11.3. The van der Waals surface area contributed by atoms with E-state index < -0.39 is 0 Å². The molecule has 106 valence electrons. The van der Waals surface area contributed by atoms with Gasteiger partial charge in [-0.15, -0.1) is 11.8 Å². The fourth-order valence-corrected chi connectivity index (χ4v) is 2.75. The summed E-state index contributed by atoms with van der Waals surface area (Å²) in [5.41, 5.74) is 3.87. The van der Waals surface area contributed by atoms with Crippen molar-refractivity contribution in [2.24, 2.45) is 0 Å². The van der Waals surface area contributed by atoms with Crippen LogP contribution in [0.15, 0.2) is 18.2 Å². The first-order valence-corrected chi connectivity index (χ1v) is 7.71. The van der Waals surface area contributed by atoms with Crippen molar-refractivity contribution in [3.63, 3.8) is 0 Å². The zero-order valence-corrected chi connectivity index (χ0v) is 13.0. The molecular formula is C15H23NO2S. The van der Waals surface area contributed by atoms with Crippen molar-refractivity contribution < 1.29 is 9.53 Å². The molecule has 0 bridgehead atoms. The van der Waals surface area contributed by atoms with Gasteiger partial charge in [-0.1, -0.05) is 18.2 Å². The maximum Gasteiger partial charge on any atom is 0.315 e. The topological polar surface area (TPSA) is 38.3 Å². The molecule has 1 N–H and O–H groups in total. The van der Waals surface area contributed by atoms with E-state index >= 15 is 0 Å². The third kappa shape index (κ3) is 5.25. The van der Waals surface area contributed by atoms with E-state index in [1.807, 2.05) is 14.0 Å². The zero-order chi connectivity index (χ0) is 14.3. The summed E-state index contributed by atoms with van der Waals surface area (Å²) in [5.74, 6) is 1.14. The molecule has 1 aromatic rings. The highest BCUT2D eigenvalue weighted by molar-refractivity contribution is 7.99. The van der Waals surface area contributed by atoms with Crippen molar-refractivity contribution in [1.29, 1.82) is 0 Å². The second-order valence-corrected chi connectivity index (χ2v) is 5.54. The molecule has 0 heterocycles. The minimum Gasteiger partial charge on any atom is -0.465 e. The quantitative estimate of drug-likeness (QED) is 0.780. The van der Waals surface area contributed by atoms with Crippen LogP contribution in [0.4, 0.5) is 0 Å². The molecule has 0 aliphatic carbocycles. The molecule has 1 atom stereocenters. The van der Waals surface area contributed by atoms with Crippen LogP contribution in [0.2, 0.25) is 0 Å². The summed E-state index contributed by atoms with van der Waals surface area (Å²) in [6, 6.07) is 6.76. The highest BCUT2D eigenvalue weighted by Crippen LogP contribution is 2.20. The van der Waals surface area contributed by atoms with Gasteiger partial charge in [-0.25, -0.2) is 0 Å². The predicted molar refractivity (Wildman–Crippen MR) is 81.7 cm³/mol. The number of aryl methyl sites for hydroxylation is 2. The van der Waals surface area contributed by atoms with Crippen LogP contribution in [0.25, 0.3) is 0 Å². The minimum atomic E-state index is -0.137. The first-order valence-electron chi connectivity index (χ1n) is 6.56. The summed E-state index contributed by atoms with van der Waals surface area (Å²) < 4.78 is 4.92. The summed E-state index contributed by atoms with van der Waals surface area (Å²) >= 11 is 1.60. The number of benzene rings is 1. The summed E-state index contributed by atoms with van der Waals surface area (Å²) in [6.45, 7) is 6.51. The van der Waals surface area contributed by atoms with Gasteiger partial charge in [0.25, 0.3) is 0 Å². The normalized spacial score (nSPS) is 12.2. The molecule has 1 rings (SSSR count). The predicted octanol–water partition coefficient (Wildman–Crippen LogP) is 2.86. The van der Waals surface area contributed by atoms with Gasteiger partial charge in [0.1, 0.15) is 0 Å². The van der Waals surface area contributed by atoms with Crippen LogP contribution >= 0.6 is 11.8 Å². The maximum absolute atomic E-state index is 11.3. The molecule has 1 unspecified atom stereocenters. The Labute approximate surface area is 120 Å². The number of carbonyl (C=O) groups is 1. The van der Waals surface area contributed by atoms with Crippen molar-refractivity contribution >= 4 is 17.7 Å². The van der Waals surface area contributed by atoms with E-state index in [0.717, 1.165) is 5.75 Å². The lowest BCUT2D eigenvalue weighted by molar-refractivity contribution is -0.139. The van der Waals surface area contributed by atoms with Gasteiger partial charge in [-0.3, -0.25) is 4.79 Å². The van der Waals surface area contributed by atoms with Gasteiger partial charge >= 0.3 is 5.97 Å². The van der Waals surface area contributed by atoms with E-state index in [9.17, 15) is 4.79 Å². The molecule has 0 spiro atoms. The molecule has 19 heavy (non-hydrogen) atoms. The highest BCUT2D eigenvalue weighted by Gasteiger charge is 2.11. The smallest absolute Gasteiger partial charge is 0.315 e. The SMILES string of the molecule is CCOC(=O)CSCC(NC)c1ccc(C)c(C)c1. The fourth-order valence-electron chi connectivity index (χ4n) is 1.79. The van der Waals surface area contributed by atoms with Crippen LogP contribution in [0.5, 0.6) is 0 Å². The fraction of sp³-hybridized carbons (Fsp3) is 0.533. The van der Waals surface area contributed by atoms with Gasteiger partial charge in [0.2, 0.25) is 0 Å². The van der Waals surface area contributed by atoms with Gasteiger partial charge in [-0.05, 0) is 44.5 Å². The number of nitrogens with one attached hydrogen (secondary N) is 1. The van der Waals surface area contributed by atoms with E-state index in [1.165, 1.54) is 16.7 Å². The Hall–Kier alpha value is -1.00. The largest absolute Gasteiger partial charge is 0.465 e. The molecule has 0 aromatic heterocycles. The molecule has 0 amide bonds. The Morgan fingerprint density at radius 2 is 2.11 bits per heavy atom. The molecule has 0 fully saturated rings. The molecule has 3 nitrogen and oxygen atoms in total. The Morgan fingerprint density at radius 1 is 1.37 bits per heavy atom. The molecule has 0 aliphatic heterocycles. The van der Waals surface area contributed by atoms with Gasteiger partial charge < -0.3 is 10.1 Å². The first-order chi connectivity index (χ1) is 9.08. The summed E-state index contributed by atoms with van der Waals surface area (Å²) in [5, 5.41) is 3.30. The lowest BCUT2D eigenvalue weighted by atomic mass is 10.0. The standard InChI is InChI=1S/C15H23NO2S/c1-5-18-15(17)10-19-9-14(16-4)13-7-6-11(2)12(3)8-13/h6-8,14,16H,5,9-10H2,1-4H3. The zero-order valence-electron chi connectivity index (χ0n) is 12.2. The lowest BCUT2D eigenvalue weighted by Crippen LogP contribution is -2.20. The Morgan fingerprint density at radius 3 is 2.68 bits per heavy atom. The number of rotatable bonds is 7. The van der Waals surface area contributed by atoms with Gasteiger partial charge in [0.15, 0.2) is 0 Å². The van der Waals surface area contributed by atoms with Gasteiger partial charge in [-0.2, -0.15) is 0 Å². The van der Waals surface area contributed by atoms with E-state index in [2.05, 4.69) is 37.4 Å². The van der Waals surface area contributed by atoms with Gasteiger partial charge in [0, 0.05) is 11.8 Å². The van der Waals surface area contributed by atoms with Crippen LogP contribution < -0.4 is 5.32 Å². The molecule has 0 saturated heterocycles. The van der Waals surface area contributed by atoms with Gasteiger partial charge in [0.05, 0.1) is 12.4 Å². The summed E-state index contributed by atoms with van der Waals surface area (Å²) in [4.78, 5) is 11.3. The van der Waals surface area contributed by atoms with E-state index in [4.69, 9.17) is 4.74 Å². The molecule has 0 radical (unpaired) electrons. The van der Waals surface area contributed by atoms with Crippen LogP contribution in [-0.2, 0) is 9.53 Å². The molecule has 0 saturated carbocycles. The van der Waals surface area contributed by atoms with Crippen molar-refractivity contribution in [3.05, 3.63) is 34.9 Å². The number of hydrogen-bond acceptors (Lipinski definition) is 4. The first kappa shape index (κ1) is 16.1. The molecule has 4 heteroatoms. The average molecular weight is 281 g/mol. The number of esters is 1. The summed E-state index contributed by atoms with van der Waals surface area (Å²) in [7, 11) is 1.95. The third-order valence-corrected chi connectivity index (χ3v) is 4.10. The number of ether oxygens (including phenoxy) is 1. The third-order valence-electron chi connectivity index (χ3n) is 3.09. The van der Waals surface area contributed by atoms with Crippen molar-refractivity contribution in [2.45, 2.75) is 26.8 Å². The summed E-state index contributed by atoms with van der Waals surface area (Å²) in [6.07, 6.45) is 0. The van der Waals surface area contributed by atoms with Crippen LogP contribution in [0, 0.1) is 13.8 Å². The van der Waals surface area contributed by atoms with Crippen LogP contribution in [-0.4, -0.2) is 31.1 Å². The number of carbonyl (C=O) groups excluding carboxylic acids is 1. The second kappa shape index (κ2) is 8.23. The Kier molecular flexibility index (Phi) is 6.95. The average Bonchev–Trinajstić information content (AvgIpc) is 2.38. The van der Waals surface area contributed by atoms with Crippen molar-refractivity contribution in [1.82, 2.24) is 5.32 Å². The highest BCUT2D eigenvalue weighted by atomic mass is 32.2. The van der Waals surface area contributed by atoms with Crippen LogP contribution in [0.1, 0.15) is 29.7 Å². The Balaban J connectivity index is 2.53. The molecule has 0 aliphatic rings. The van der Waals surface area contributed by atoms with E-state index in [1.54, 1.807) is 11.8 Å². The number of thioether (sulfide) groups is 1. The van der Waals surface area contributed by atoms with E-state index in [0.29, 0.717) is 12.4 Å². The van der Waals surface area contributed by atoms with E-state index in [-0.39, 0.29) is 12.0 Å². The van der Waals surface area contributed by atoms with Crippen LogP contribution in [0.3, 0.4) is 0 Å².